The van der Waals surface area contributed by atoms with Crippen molar-refractivity contribution in [2.24, 2.45) is 5.41 Å². The van der Waals surface area contributed by atoms with Gasteiger partial charge in [-0.25, -0.2) is 4.79 Å². The molecule has 0 saturated heterocycles. The van der Waals surface area contributed by atoms with E-state index in [-0.39, 0.29) is 16.9 Å². The molecule has 2 N–H and O–H groups in total. The zero-order chi connectivity index (χ0) is 15.5. The molecule has 1 fully saturated rings. The molecular formula is C16H21NO4. The van der Waals surface area contributed by atoms with Crippen LogP contribution in [0.2, 0.25) is 0 Å². The van der Waals surface area contributed by atoms with E-state index in [4.69, 9.17) is 9.84 Å². The standard InChI is InChI=1S/C16H21NO4/c1-3-16(7-8-16)15(20)17-9-6-11-4-5-12(14(18)19)10-13(11)21-2/h4-5,10H,3,6-9H2,1-2H3,(H,17,20)(H,18,19). The largest absolute Gasteiger partial charge is 0.496 e. The van der Waals surface area contributed by atoms with Crippen molar-refractivity contribution in [1.82, 2.24) is 5.32 Å². The van der Waals surface area contributed by atoms with Crippen LogP contribution < -0.4 is 10.1 Å². The molecule has 1 saturated carbocycles. The molecule has 0 bridgehead atoms. The molecule has 5 heteroatoms. The number of rotatable bonds is 7. The summed E-state index contributed by atoms with van der Waals surface area (Å²) < 4.78 is 5.22. The van der Waals surface area contributed by atoms with Crippen LogP contribution in [0.5, 0.6) is 5.75 Å². The van der Waals surface area contributed by atoms with Crippen molar-refractivity contribution in [2.45, 2.75) is 32.6 Å². The van der Waals surface area contributed by atoms with E-state index >= 15 is 0 Å². The van der Waals surface area contributed by atoms with Gasteiger partial charge in [-0.2, -0.15) is 0 Å². The Hall–Kier alpha value is -2.04. The number of amides is 1. The van der Waals surface area contributed by atoms with Crippen LogP contribution in [0, 0.1) is 5.41 Å². The van der Waals surface area contributed by atoms with Gasteiger partial charge in [0.25, 0.3) is 0 Å². The quantitative estimate of drug-likeness (QED) is 0.808. The van der Waals surface area contributed by atoms with Crippen LogP contribution in [0.15, 0.2) is 18.2 Å². The number of methoxy groups -OCH3 is 1. The zero-order valence-electron chi connectivity index (χ0n) is 12.4. The van der Waals surface area contributed by atoms with Crippen molar-refractivity contribution in [2.75, 3.05) is 13.7 Å². The van der Waals surface area contributed by atoms with Gasteiger partial charge >= 0.3 is 5.97 Å². The number of carboxylic acids is 1. The van der Waals surface area contributed by atoms with Crippen molar-refractivity contribution in [1.29, 1.82) is 0 Å². The van der Waals surface area contributed by atoms with Gasteiger partial charge in [-0.05, 0) is 43.4 Å². The molecule has 0 radical (unpaired) electrons. The lowest BCUT2D eigenvalue weighted by atomic mass is 10.0. The first-order valence-electron chi connectivity index (χ1n) is 7.21. The smallest absolute Gasteiger partial charge is 0.335 e. The van der Waals surface area contributed by atoms with Crippen molar-refractivity contribution < 1.29 is 19.4 Å². The summed E-state index contributed by atoms with van der Waals surface area (Å²) in [5.74, 6) is -0.307. The highest BCUT2D eigenvalue weighted by Gasteiger charge is 2.47. The number of nitrogens with one attached hydrogen (secondary N) is 1. The molecule has 2 rings (SSSR count). The minimum absolute atomic E-state index is 0.128. The van der Waals surface area contributed by atoms with Gasteiger partial charge in [0.2, 0.25) is 5.91 Å². The van der Waals surface area contributed by atoms with Gasteiger partial charge in [0.1, 0.15) is 5.75 Å². The van der Waals surface area contributed by atoms with Crippen LogP contribution in [0.4, 0.5) is 0 Å². The Morgan fingerprint density at radius 3 is 2.62 bits per heavy atom. The first-order valence-corrected chi connectivity index (χ1v) is 7.21. The number of benzene rings is 1. The maximum absolute atomic E-state index is 12.0. The zero-order valence-corrected chi connectivity index (χ0v) is 12.4. The average molecular weight is 291 g/mol. The highest BCUT2D eigenvalue weighted by Crippen LogP contribution is 2.48. The maximum Gasteiger partial charge on any atom is 0.335 e. The van der Waals surface area contributed by atoms with Gasteiger partial charge < -0.3 is 15.2 Å². The van der Waals surface area contributed by atoms with Crippen molar-refractivity contribution in [3.63, 3.8) is 0 Å². The number of carboxylic acid groups (broad SMARTS) is 1. The average Bonchev–Trinajstić information content (AvgIpc) is 3.28. The van der Waals surface area contributed by atoms with Crippen LogP contribution >= 0.6 is 0 Å². The molecule has 1 amide bonds. The fourth-order valence-corrected chi connectivity index (χ4v) is 2.47. The highest BCUT2D eigenvalue weighted by atomic mass is 16.5. The molecule has 1 aromatic rings. The van der Waals surface area contributed by atoms with E-state index in [1.165, 1.54) is 13.2 Å². The molecule has 0 aromatic heterocycles. The minimum atomic E-state index is -0.980. The predicted molar refractivity (Wildman–Crippen MR) is 78.6 cm³/mol. The van der Waals surface area contributed by atoms with E-state index in [0.717, 1.165) is 24.8 Å². The number of aromatic carboxylic acids is 1. The topological polar surface area (TPSA) is 75.6 Å². The van der Waals surface area contributed by atoms with Crippen LogP contribution in [-0.4, -0.2) is 30.6 Å². The molecular weight excluding hydrogens is 270 g/mol. The SMILES string of the molecule is CCC1(C(=O)NCCc2ccc(C(=O)O)cc2OC)CC1. The van der Waals surface area contributed by atoms with E-state index < -0.39 is 5.97 Å². The number of hydrogen-bond donors (Lipinski definition) is 2. The Morgan fingerprint density at radius 1 is 1.38 bits per heavy atom. The van der Waals surface area contributed by atoms with E-state index in [0.29, 0.717) is 18.7 Å². The molecule has 0 heterocycles. The number of carbonyl (C=O) groups excluding carboxylic acids is 1. The maximum atomic E-state index is 12.0. The summed E-state index contributed by atoms with van der Waals surface area (Å²) in [5, 5.41) is 11.9. The molecule has 114 valence electrons. The first-order chi connectivity index (χ1) is 10.0. The second-order valence-corrected chi connectivity index (χ2v) is 5.47. The van der Waals surface area contributed by atoms with Gasteiger partial charge in [0.05, 0.1) is 12.7 Å². The van der Waals surface area contributed by atoms with Gasteiger partial charge in [-0.1, -0.05) is 13.0 Å². The molecule has 0 unspecified atom stereocenters. The van der Waals surface area contributed by atoms with Gasteiger partial charge in [0.15, 0.2) is 0 Å². The summed E-state index contributed by atoms with van der Waals surface area (Å²) in [6, 6.07) is 4.80. The third-order valence-electron chi connectivity index (χ3n) is 4.23. The summed E-state index contributed by atoms with van der Waals surface area (Å²) in [6.07, 6.45) is 3.46. The number of carbonyl (C=O) groups is 2. The lowest BCUT2D eigenvalue weighted by Gasteiger charge is -2.14. The molecule has 0 aliphatic heterocycles. The number of ether oxygens (including phenoxy) is 1. The fourth-order valence-electron chi connectivity index (χ4n) is 2.47. The molecule has 1 aromatic carbocycles. The van der Waals surface area contributed by atoms with Crippen LogP contribution in [-0.2, 0) is 11.2 Å². The Kier molecular flexibility index (Phi) is 4.50. The van der Waals surface area contributed by atoms with Gasteiger partial charge in [-0.3, -0.25) is 4.79 Å². The Labute approximate surface area is 124 Å². The third kappa shape index (κ3) is 3.35. The van der Waals surface area contributed by atoms with E-state index in [2.05, 4.69) is 5.32 Å². The van der Waals surface area contributed by atoms with Crippen molar-refractivity contribution >= 4 is 11.9 Å². The number of hydrogen-bond acceptors (Lipinski definition) is 3. The Morgan fingerprint density at radius 2 is 2.10 bits per heavy atom. The second-order valence-electron chi connectivity index (χ2n) is 5.47. The van der Waals surface area contributed by atoms with E-state index in [1.807, 2.05) is 6.92 Å². The molecule has 0 spiro atoms. The lowest BCUT2D eigenvalue weighted by Crippen LogP contribution is -2.33. The molecule has 1 aliphatic rings. The van der Waals surface area contributed by atoms with Crippen LogP contribution in [0.3, 0.4) is 0 Å². The summed E-state index contributed by atoms with van der Waals surface area (Å²) in [7, 11) is 1.51. The van der Waals surface area contributed by atoms with E-state index in [1.54, 1.807) is 12.1 Å². The van der Waals surface area contributed by atoms with Crippen LogP contribution in [0.25, 0.3) is 0 Å². The molecule has 0 atom stereocenters. The molecule has 1 aliphatic carbocycles. The summed E-state index contributed by atoms with van der Waals surface area (Å²) in [6.45, 7) is 2.57. The normalized spacial score (nSPS) is 15.3. The second kappa shape index (κ2) is 6.16. The van der Waals surface area contributed by atoms with Gasteiger partial charge in [-0.15, -0.1) is 0 Å². The van der Waals surface area contributed by atoms with Crippen molar-refractivity contribution in [3.8, 4) is 5.75 Å². The summed E-state index contributed by atoms with van der Waals surface area (Å²) in [4.78, 5) is 22.9. The highest BCUT2D eigenvalue weighted by molar-refractivity contribution is 5.88. The molecule has 5 nitrogen and oxygen atoms in total. The summed E-state index contributed by atoms with van der Waals surface area (Å²) in [5.41, 5.74) is 0.962. The predicted octanol–water partition coefficient (Wildman–Crippen LogP) is 2.24. The monoisotopic (exact) mass is 291 g/mol. The lowest BCUT2D eigenvalue weighted by molar-refractivity contribution is -0.126. The minimum Gasteiger partial charge on any atom is -0.496 e. The van der Waals surface area contributed by atoms with E-state index in [9.17, 15) is 9.59 Å². The van der Waals surface area contributed by atoms with Crippen LogP contribution in [0.1, 0.15) is 42.1 Å². The van der Waals surface area contributed by atoms with Crippen molar-refractivity contribution in [3.05, 3.63) is 29.3 Å². The third-order valence-corrected chi connectivity index (χ3v) is 4.23. The fraction of sp³-hybridized carbons (Fsp3) is 0.500. The summed E-state index contributed by atoms with van der Waals surface area (Å²) >= 11 is 0. The van der Waals surface area contributed by atoms with Gasteiger partial charge in [0, 0.05) is 12.0 Å². The molecule has 21 heavy (non-hydrogen) atoms. The first kappa shape index (κ1) is 15.4. The Balaban J connectivity index is 1.94. The Bertz CT molecular complexity index is 549.